The van der Waals surface area contributed by atoms with E-state index in [1.807, 2.05) is 25.5 Å². The fraction of sp³-hybridized carbons (Fsp3) is 0.462. The summed E-state index contributed by atoms with van der Waals surface area (Å²) in [7, 11) is 1.81. The molecule has 3 N–H and O–H groups in total. The Hall–Kier alpha value is -2.31. The fourth-order valence-corrected chi connectivity index (χ4v) is 1.99. The molecule has 0 unspecified atom stereocenters. The molecule has 0 atom stereocenters. The van der Waals surface area contributed by atoms with Crippen LogP contribution >= 0.6 is 0 Å². The van der Waals surface area contributed by atoms with Gasteiger partial charge in [0.1, 0.15) is 12.0 Å². The Morgan fingerprint density at radius 2 is 2.25 bits per heavy atom. The summed E-state index contributed by atoms with van der Waals surface area (Å²) in [6.07, 6.45) is 4.02. The van der Waals surface area contributed by atoms with Crippen molar-refractivity contribution in [3.05, 3.63) is 30.1 Å². The third-order valence-corrected chi connectivity index (χ3v) is 2.94. The minimum absolute atomic E-state index is 0.133. The zero-order valence-electron chi connectivity index (χ0n) is 12.0. The van der Waals surface area contributed by atoms with E-state index in [0.717, 1.165) is 0 Å². The minimum atomic E-state index is -0.133. The fourth-order valence-electron chi connectivity index (χ4n) is 1.99. The highest BCUT2D eigenvalue weighted by Gasteiger charge is 2.14. The molecule has 0 aliphatic heterocycles. The highest BCUT2D eigenvalue weighted by atomic mass is 16.1. The zero-order chi connectivity index (χ0) is 14.7. The van der Waals surface area contributed by atoms with E-state index in [2.05, 4.69) is 15.4 Å². The smallest absolute Gasteiger partial charge is 0.268 e. The van der Waals surface area contributed by atoms with Crippen LogP contribution in [0.2, 0.25) is 0 Å². The van der Waals surface area contributed by atoms with E-state index < -0.39 is 0 Å². The van der Waals surface area contributed by atoms with Crippen molar-refractivity contribution in [1.82, 2.24) is 24.6 Å². The van der Waals surface area contributed by atoms with E-state index in [1.54, 1.807) is 23.3 Å². The van der Waals surface area contributed by atoms with Crippen LogP contribution in [0.25, 0.3) is 0 Å². The van der Waals surface area contributed by atoms with E-state index in [9.17, 15) is 4.79 Å². The number of aryl methyl sites for hydroxylation is 1. The molecule has 0 saturated heterocycles. The highest BCUT2D eigenvalue weighted by molar-refractivity contribution is 5.93. The number of nitrogens with two attached hydrogens (primary N) is 1. The van der Waals surface area contributed by atoms with Crippen molar-refractivity contribution in [2.75, 3.05) is 12.3 Å². The second-order valence-electron chi connectivity index (χ2n) is 5.00. The molecule has 7 nitrogen and oxygen atoms in total. The number of aromatic nitrogens is 4. The summed E-state index contributed by atoms with van der Waals surface area (Å²) in [5.41, 5.74) is 6.92. The molecule has 2 aromatic rings. The number of rotatable bonds is 5. The molecule has 0 spiro atoms. The molecule has 0 aliphatic rings. The second kappa shape index (κ2) is 5.77. The van der Waals surface area contributed by atoms with Gasteiger partial charge in [-0.15, -0.1) is 0 Å². The van der Waals surface area contributed by atoms with E-state index >= 15 is 0 Å². The quantitative estimate of drug-likeness (QED) is 0.843. The van der Waals surface area contributed by atoms with Gasteiger partial charge in [0.2, 0.25) is 0 Å². The van der Waals surface area contributed by atoms with Gasteiger partial charge < -0.3 is 15.6 Å². The summed E-state index contributed by atoms with van der Waals surface area (Å²) in [4.78, 5) is 16.3. The van der Waals surface area contributed by atoms with Crippen molar-refractivity contribution in [2.24, 2.45) is 7.05 Å². The predicted molar refractivity (Wildman–Crippen MR) is 76.3 cm³/mol. The third-order valence-electron chi connectivity index (χ3n) is 2.94. The minimum Gasteiger partial charge on any atom is -0.397 e. The van der Waals surface area contributed by atoms with Crippen LogP contribution in [-0.4, -0.2) is 31.8 Å². The Bertz CT molecular complexity index is 598. The molecule has 108 valence electrons. The first-order valence-electron chi connectivity index (χ1n) is 6.57. The van der Waals surface area contributed by atoms with Gasteiger partial charge in [-0.25, -0.2) is 4.98 Å². The Morgan fingerprint density at radius 3 is 2.85 bits per heavy atom. The molecule has 0 aliphatic carbocycles. The average Bonchev–Trinajstić information content (AvgIpc) is 2.95. The lowest BCUT2D eigenvalue weighted by molar-refractivity contribution is 0.0943. The molecule has 20 heavy (non-hydrogen) atoms. The number of nitrogen functional groups attached to an aromatic ring is 1. The molecule has 1 amide bonds. The maximum Gasteiger partial charge on any atom is 0.268 e. The van der Waals surface area contributed by atoms with Crippen molar-refractivity contribution >= 4 is 11.6 Å². The van der Waals surface area contributed by atoms with Crippen LogP contribution in [0.5, 0.6) is 0 Å². The first-order chi connectivity index (χ1) is 9.47. The van der Waals surface area contributed by atoms with Gasteiger partial charge in [0.05, 0.1) is 5.69 Å². The number of carbonyl (C=O) groups excluding carboxylic acids is 1. The van der Waals surface area contributed by atoms with E-state index in [-0.39, 0.29) is 11.9 Å². The summed E-state index contributed by atoms with van der Waals surface area (Å²) >= 11 is 0. The Balaban J connectivity index is 1.95. The van der Waals surface area contributed by atoms with Crippen molar-refractivity contribution in [3.63, 3.8) is 0 Å². The van der Waals surface area contributed by atoms with Crippen LogP contribution in [0.3, 0.4) is 0 Å². The van der Waals surface area contributed by atoms with Crippen LogP contribution < -0.4 is 11.1 Å². The van der Waals surface area contributed by atoms with E-state index in [1.165, 1.54) is 0 Å². The SMILES string of the molecule is CC(C)n1cc(N)cc1C(=O)NCCc1ncn(C)n1. The van der Waals surface area contributed by atoms with Crippen LogP contribution in [0.4, 0.5) is 5.69 Å². The Morgan fingerprint density at radius 1 is 1.50 bits per heavy atom. The van der Waals surface area contributed by atoms with Gasteiger partial charge in [-0.2, -0.15) is 5.10 Å². The summed E-state index contributed by atoms with van der Waals surface area (Å²) in [6.45, 7) is 4.51. The molecule has 0 radical (unpaired) electrons. The lowest BCUT2D eigenvalue weighted by Crippen LogP contribution is -2.28. The topological polar surface area (TPSA) is 90.8 Å². The van der Waals surface area contributed by atoms with Gasteiger partial charge in [0.25, 0.3) is 5.91 Å². The van der Waals surface area contributed by atoms with Crippen molar-refractivity contribution in [2.45, 2.75) is 26.3 Å². The first-order valence-corrected chi connectivity index (χ1v) is 6.57. The van der Waals surface area contributed by atoms with Gasteiger partial charge in [0, 0.05) is 32.3 Å². The van der Waals surface area contributed by atoms with Gasteiger partial charge in [-0.3, -0.25) is 9.48 Å². The highest BCUT2D eigenvalue weighted by Crippen LogP contribution is 2.16. The normalized spacial score (nSPS) is 11.0. The van der Waals surface area contributed by atoms with Crippen LogP contribution in [0, 0.1) is 0 Å². The number of nitrogens with one attached hydrogen (secondary N) is 1. The molecular formula is C13H20N6O. The molecular weight excluding hydrogens is 256 g/mol. The Labute approximate surface area is 117 Å². The third kappa shape index (κ3) is 3.17. The number of anilines is 1. The monoisotopic (exact) mass is 276 g/mol. The largest absolute Gasteiger partial charge is 0.397 e. The average molecular weight is 276 g/mol. The van der Waals surface area contributed by atoms with Gasteiger partial charge >= 0.3 is 0 Å². The summed E-state index contributed by atoms with van der Waals surface area (Å²) in [5, 5.41) is 7.02. The van der Waals surface area contributed by atoms with Gasteiger partial charge in [-0.1, -0.05) is 0 Å². The number of amides is 1. The molecule has 2 heterocycles. The van der Waals surface area contributed by atoms with Crippen molar-refractivity contribution in [1.29, 1.82) is 0 Å². The number of hydrogen-bond donors (Lipinski definition) is 2. The van der Waals surface area contributed by atoms with Crippen LogP contribution in [0.15, 0.2) is 18.6 Å². The molecule has 2 aromatic heterocycles. The van der Waals surface area contributed by atoms with Crippen molar-refractivity contribution in [3.8, 4) is 0 Å². The summed E-state index contributed by atoms with van der Waals surface area (Å²) < 4.78 is 3.51. The van der Waals surface area contributed by atoms with Crippen molar-refractivity contribution < 1.29 is 4.79 Å². The lowest BCUT2D eigenvalue weighted by atomic mass is 10.3. The van der Waals surface area contributed by atoms with Crippen LogP contribution in [-0.2, 0) is 13.5 Å². The number of nitrogens with zero attached hydrogens (tertiary/aromatic N) is 4. The van der Waals surface area contributed by atoms with E-state index in [0.29, 0.717) is 30.2 Å². The maximum absolute atomic E-state index is 12.1. The Kier molecular flexibility index (Phi) is 4.07. The molecule has 2 rings (SSSR count). The number of hydrogen-bond acceptors (Lipinski definition) is 4. The molecule has 0 bridgehead atoms. The zero-order valence-corrected chi connectivity index (χ0v) is 12.0. The summed E-state index contributed by atoms with van der Waals surface area (Å²) in [6, 6.07) is 1.87. The first kappa shape index (κ1) is 14.1. The standard InChI is InChI=1S/C13H20N6O/c1-9(2)19-7-10(14)6-11(19)13(20)15-5-4-12-16-8-18(3)17-12/h6-9H,4-5,14H2,1-3H3,(H,15,20). The molecule has 0 aromatic carbocycles. The summed E-state index contributed by atoms with van der Waals surface area (Å²) in [5.74, 6) is 0.581. The molecule has 0 fully saturated rings. The van der Waals surface area contributed by atoms with E-state index in [4.69, 9.17) is 5.73 Å². The molecule has 0 saturated carbocycles. The second-order valence-corrected chi connectivity index (χ2v) is 5.00. The predicted octanol–water partition coefficient (Wildman–Crippen LogP) is 0.752. The molecule has 7 heteroatoms. The van der Waals surface area contributed by atoms with Crippen LogP contribution in [0.1, 0.15) is 36.2 Å². The number of carbonyl (C=O) groups is 1. The van der Waals surface area contributed by atoms with Gasteiger partial charge in [-0.05, 0) is 19.9 Å². The lowest BCUT2D eigenvalue weighted by Gasteiger charge is -2.12. The van der Waals surface area contributed by atoms with Gasteiger partial charge in [0.15, 0.2) is 5.82 Å². The maximum atomic E-state index is 12.1.